The van der Waals surface area contributed by atoms with E-state index in [1.54, 1.807) is 5.56 Å². The van der Waals surface area contributed by atoms with Gasteiger partial charge < -0.3 is 0 Å². The lowest BCUT2D eigenvalue weighted by Crippen LogP contribution is -2.10. The van der Waals surface area contributed by atoms with Crippen molar-refractivity contribution in [2.45, 2.75) is 119 Å². The summed E-state index contributed by atoms with van der Waals surface area (Å²) in [7, 11) is 0. The van der Waals surface area contributed by atoms with Crippen LogP contribution < -0.4 is 0 Å². The number of benzene rings is 1. The van der Waals surface area contributed by atoms with Crippen molar-refractivity contribution < 1.29 is 0 Å². The smallest absolute Gasteiger partial charge is 0.0159 e. The van der Waals surface area contributed by atoms with Gasteiger partial charge in [-0.3, -0.25) is 0 Å². The van der Waals surface area contributed by atoms with E-state index in [1.807, 2.05) is 13.8 Å². The number of hydrogen-bond donors (Lipinski definition) is 0. The van der Waals surface area contributed by atoms with Gasteiger partial charge in [-0.1, -0.05) is 91.2 Å². The first kappa shape index (κ1) is 23.3. The second-order valence-electron chi connectivity index (χ2n) is 8.66. The first-order chi connectivity index (χ1) is 12.5. The fourth-order valence-electron chi connectivity index (χ4n) is 4.57. The second kappa shape index (κ2) is 12.6. The van der Waals surface area contributed by atoms with E-state index in [4.69, 9.17) is 0 Å². The van der Waals surface area contributed by atoms with Crippen LogP contribution in [-0.4, -0.2) is 0 Å². The maximum atomic E-state index is 2.43. The number of aryl methyl sites for hydroxylation is 3. The third kappa shape index (κ3) is 7.45. The lowest BCUT2D eigenvalue weighted by atomic mass is 9.81. The van der Waals surface area contributed by atoms with Gasteiger partial charge in [-0.2, -0.15) is 0 Å². The van der Waals surface area contributed by atoms with E-state index >= 15 is 0 Å². The van der Waals surface area contributed by atoms with E-state index in [9.17, 15) is 0 Å². The molecule has 0 radical (unpaired) electrons. The fourth-order valence-corrected chi connectivity index (χ4v) is 4.57. The standard InChI is InChI=1S/C15H22.C9H18.C2H6/c1-11-9-13(3)15(10-12(11)2)14-7-5-4-6-8-14;1-3-9-6-4-8(2)5-7-9;1-2/h9-10,14H,4-8H2,1-3H3;8-9H,3-7H2,1-2H3;1-2H3. The fraction of sp³-hybridized carbons (Fsp3) is 0.769. The summed E-state index contributed by atoms with van der Waals surface area (Å²) in [5, 5.41) is 0. The second-order valence-corrected chi connectivity index (χ2v) is 8.66. The molecule has 1 aromatic carbocycles. The summed E-state index contributed by atoms with van der Waals surface area (Å²) in [5.74, 6) is 2.94. The molecule has 0 N–H and O–H groups in total. The molecule has 26 heavy (non-hydrogen) atoms. The molecule has 0 atom stereocenters. The van der Waals surface area contributed by atoms with E-state index in [-0.39, 0.29) is 0 Å². The van der Waals surface area contributed by atoms with Crippen LogP contribution in [0.4, 0.5) is 0 Å². The minimum Gasteiger partial charge on any atom is -0.0683 e. The molecule has 1 aromatic rings. The summed E-state index contributed by atoms with van der Waals surface area (Å²) in [5.41, 5.74) is 6.02. The highest BCUT2D eigenvalue weighted by Crippen LogP contribution is 2.35. The van der Waals surface area contributed by atoms with Crippen LogP contribution in [0.15, 0.2) is 12.1 Å². The highest BCUT2D eigenvalue weighted by Gasteiger charge is 2.17. The van der Waals surface area contributed by atoms with Crippen LogP contribution in [0, 0.1) is 32.6 Å². The van der Waals surface area contributed by atoms with Crippen LogP contribution in [0.2, 0.25) is 0 Å². The van der Waals surface area contributed by atoms with Crippen molar-refractivity contribution in [3.63, 3.8) is 0 Å². The largest absolute Gasteiger partial charge is 0.0683 e. The van der Waals surface area contributed by atoms with E-state index in [2.05, 4.69) is 46.8 Å². The summed E-state index contributed by atoms with van der Waals surface area (Å²) in [4.78, 5) is 0. The molecule has 150 valence electrons. The van der Waals surface area contributed by atoms with Gasteiger partial charge in [0.1, 0.15) is 0 Å². The zero-order chi connectivity index (χ0) is 19.5. The van der Waals surface area contributed by atoms with Gasteiger partial charge in [0.2, 0.25) is 0 Å². The molecule has 0 heteroatoms. The monoisotopic (exact) mass is 358 g/mol. The van der Waals surface area contributed by atoms with E-state index in [0.717, 1.165) is 17.8 Å². The normalized spacial score (nSPS) is 23.3. The molecule has 3 rings (SSSR count). The molecule has 2 saturated carbocycles. The Balaban J connectivity index is 0.000000263. The minimum atomic E-state index is 0.845. The van der Waals surface area contributed by atoms with Gasteiger partial charge in [0.25, 0.3) is 0 Å². The van der Waals surface area contributed by atoms with E-state index in [1.165, 1.54) is 80.9 Å². The maximum absolute atomic E-state index is 2.43. The molecule has 0 bridgehead atoms. The Morgan fingerprint density at radius 1 is 0.731 bits per heavy atom. The summed E-state index contributed by atoms with van der Waals surface area (Å²) in [6.07, 6.45) is 14.5. The summed E-state index contributed by atoms with van der Waals surface area (Å²) >= 11 is 0. The van der Waals surface area contributed by atoms with Crippen LogP contribution in [0.1, 0.15) is 120 Å². The van der Waals surface area contributed by atoms with Crippen LogP contribution in [0.25, 0.3) is 0 Å². The molecule has 0 aliphatic heterocycles. The summed E-state index contributed by atoms with van der Waals surface area (Å²) in [6.45, 7) is 15.4. The molecule has 0 aromatic heterocycles. The Morgan fingerprint density at radius 2 is 1.27 bits per heavy atom. The first-order valence-corrected chi connectivity index (χ1v) is 11.6. The lowest BCUT2D eigenvalue weighted by Gasteiger charge is -2.24. The van der Waals surface area contributed by atoms with Crippen molar-refractivity contribution in [1.29, 1.82) is 0 Å². The predicted octanol–water partition coefficient (Wildman–Crippen LogP) is 8.91. The molecular formula is C26H46. The molecule has 0 nitrogen and oxygen atoms in total. The predicted molar refractivity (Wildman–Crippen MR) is 119 cm³/mol. The SMILES string of the molecule is CC.CCC1CCC(C)CC1.Cc1cc(C)c(C2CCCCC2)cc1C. The van der Waals surface area contributed by atoms with E-state index < -0.39 is 0 Å². The van der Waals surface area contributed by atoms with Gasteiger partial charge >= 0.3 is 0 Å². The van der Waals surface area contributed by atoms with Crippen LogP contribution in [0.3, 0.4) is 0 Å². The van der Waals surface area contributed by atoms with Gasteiger partial charge in [0.05, 0.1) is 0 Å². The Labute approximate surface area is 165 Å². The Hall–Kier alpha value is -0.780. The molecule has 0 amide bonds. The Kier molecular flexibility index (Phi) is 11.3. The average molecular weight is 359 g/mol. The highest BCUT2D eigenvalue weighted by molar-refractivity contribution is 5.38. The molecule has 2 aliphatic rings. The molecule has 2 fully saturated rings. The zero-order valence-electron chi connectivity index (χ0n) is 19.0. The molecule has 2 aliphatic carbocycles. The van der Waals surface area contributed by atoms with Crippen molar-refractivity contribution in [2.75, 3.05) is 0 Å². The van der Waals surface area contributed by atoms with Gasteiger partial charge in [-0.25, -0.2) is 0 Å². The van der Waals surface area contributed by atoms with Crippen molar-refractivity contribution in [3.05, 3.63) is 34.4 Å². The van der Waals surface area contributed by atoms with Crippen LogP contribution >= 0.6 is 0 Å². The van der Waals surface area contributed by atoms with Gasteiger partial charge in [0.15, 0.2) is 0 Å². The number of hydrogen-bond acceptors (Lipinski definition) is 0. The van der Waals surface area contributed by atoms with Gasteiger partial charge in [0, 0.05) is 0 Å². The topological polar surface area (TPSA) is 0 Å². The van der Waals surface area contributed by atoms with Crippen molar-refractivity contribution >= 4 is 0 Å². The molecule has 0 heterocycles. The minimum absolute atomic E-state index is 0.845. The molecular weight excluding hydrogens is 312 g/mol. The maximum Gasteiger partial charge on any atom is -0.0159 e. The Morgan fingerprint density at radius 3 is 1.81 bits per heavy atom. The number of rotatable bonds is 2. The summed E-state index contributed by atoms with van der Waals surface area (Å²) in [6, 6.07) is 4.79. The van der Waals surface area contributed by atoms with Crippen LogP contribution in [0.5, 0.6) is 0 Å². The third-order valence-electron chi connectivity index (χ3n) is 6.64. The van der Waals surface area contributed by atoms with Crippen LogP contribution in [-0.2, 0) is 0 Å². The molecule has 0 unspecified atom stereocenters. The van der Waals surface area contributed by atoms with E-state index in [0.29, 0.717) is 0 Å². The lowest BCUT2D eigenvalue weighted by molar-refractivity contribution is 0.284. The van der Waals surface area contributed by atoms with Gasteiger partial charge in [-0.05, 0) is 73.6 Å². The first-order valence-electron chi connectivity index (χ1n) is 11.6. The van der Waals surface area contributed by atoms with Crippen molar-refractivity contribution in [2.24, 2.45) is 11.8 Å². The van der Waals surface area contributed by atoms with Gasteiger partial charge in [-0.15, -0.1) is 0 Å². The zero-order valence-corrected chi connectivity index (χ0v) is 19.0. The molecule has 0 spiro atoms. The quantitative estimate of drug-likeness (QED) is 0.495. The average Bonchev–Trinajstić information content (AvgIpc) is 2.68. The van der Waals surface area contributed by atoms with Crippen molar-refractivity contribution in [1.82, 2.24) is 0 Å². The summed E-state index contributed by atoms with van der Waals surface area (Å²) < 4.78 is 0. The third-order valence-corrected chi connectivity index (χ3v) is 6.64. The molecule has 0 saturated heterocycles. The highest BCUT2D eigenvalue weighted by atomic mass is 14.2. The Bertz CT molecular complexity index is 485. The van der Waals surface area contributed by atoms with Crippen molar-refractivity contribution in [3.8, 4) is 0 Å².